The van der Waals surface area contributed by atoms with E-state index in [-0.39, 0.29) is 18.2 Å². The fraction of sp³-hybridized carbons (Fsp3) is 0.333. The topological polar surface area (TPSA) is 67.4 Å². The monoisotopic (exact) mass is 234 g/mol. The van der Waals surface area contributed by atoms with Gasteiger partial charge >= 0.3 is 0 Å². The van der Waals surface area contributed by atoms with E-state index in [1.165, 1.54) is 0 Å². The number of rotatable bonds is 5. The van der Waals surface area contributed by atoms with Crippen molar-refractivity contribution >= 4 is 11.8 Å². The molecular formula is C12H14N2O3. The molecule has 1 aromatic rings. The SMILES string of the molecule is O=C1CC(NCCOc2ccccc2)C(=O)N1. The quantitative estimate of drug-likeness (QED) is 0.559. The van der Waals surface area contributed by atoms with Crippen LogP contribution in [0.4, 0.5) is 0 Å². The Kier molecular flexibility index (Phi) is 3.72. The van der Waals surface area contributed by atoms with E-state index in [0.717, 1.165) is 5.75 Å². The number of imide groups is 1. The van der Waals surface area contributed by atoms with E-state index in [0.29, 0.717) is 13.2 Å². The molecule has 1 saturated heterocycles. The molecule has 5 nitrogen and oxygen atoms in total. The Bertz CT molecular complexity index is 405. The lowest BCUT2D eigenvalue weighted by atomic mass is 10.2. The van der Waals surface area contributed by atoms with Gasteiger partial charge in [0.2, 0.25) is 11.8 Å². The van der Waals surface area contributed by atoms with Gasteiger partial charge in [-0.3, -0.25) is 14.9 Å². The van der Waals surface area contributed by atoms with Gasteiger partial charge in [0.15, 0.2) is 0 Å². The third kappa shape index (κ3) is 3.29. The standard InChI is InChI=1S/C12H14N2O3/c15-11-8-10(12(16)14-11)13-6-7-17-9-4-2-1-3-5-9/h1-5,10,13H,6-8H2,(H,14,15,16). The number of carbonyl (C=O) groups is 2. The van der Waals surface area contributed by atoms with Crippen molar-refractivity contribution in [2.75, 3.05) is 13.2 Å². The molecule has 5 heteroatoms. The van der Waals surface area contributed by atoms with Crippen LogP contribution < -0.4 is 15.4 Å². The van der Waals surface area contributed by atoms with Crippen molar-refractivity contribution in [2.24, 2.45) is 0 Å². The Balaban J connectivity index is 1.67. The fourth-order valence-electron chi connectivity index (χ4n) is 1.64. The Morgan fingerprint density at radius 1 is 1.29 bits per heavy atom. The first kappa shape index (κ1) is 11.6. The summed E-state index contributed by atoms with van der Waals surface area (Å²) in [5.74, 6) is 0.312. The van der Waals surface area contributed by atoms with Gasteiger partial charge in [-0.15, -0.1) is 0 Å². The van der Waals surface area contributed by atoms with Crippen LogP contribution in [0.25, 0.3) is 0 Å². The van der Waals surface area contributed by atoms with Crippen LogP contribution in [0.2, 0.25) is 0 Å². The highest BCUT2D eigenvalue weighted by molar-refractivity contribution is 6.05. The van der Waals surface area contributed by atoms with Gasteiger partial charge in [-0.25, -0.2) is 0 Å². The third-order valence-corrected chi connectivity index (χ3v) is 2.47. The minimum atomic E-state index is -0.415. The van der Waals surface area contributed by atoms with Gasteiger partial charge < -0.3 is 10.1 Å². The first-order valence-corrected chi connectivity index (χ1v) is 5.50. The lowest BCUT2D eigenvalue weighted by Crippen LogP contribution is -2.38. The van der Waals surface area contributed by atoms with Gasteiger partial charge in [-0.1, -0.05) is 18.2 Å². The summed E-state index contributed by atoms with van der Waals surface area (Å²) in [7, 11) is 0. The highest BCUT2D eigenvalue weighted by Crippen LogP contribution is 2.07. The smallest absolute Gasteiger partial charge is 0.244 e. The van der Waals surface area contributed by atoms with Gasteiger partial charge in [0.1, 0.15) is 12.4 Å². The second-order valence-electron chi connectivity index (χ2n) is 3.78. The molecule has 0 spiro atoms. The molecule has 1 fully saturated rings. The number of benzene rings is 1. The highest BCUT2D eigenvalue weighted by Gasteiger charge is 2.29. The molecular weight excluding hydrogens is 220 g/mol. The van der Waals surface area contributed by atoms with E-state index in [9.17, 15) is 9.59 Å². The maximum atomic E-state index is 11.2. The zero-order valence-corrected chi connectivity index (χ0v) is 9.31. The van der Waals surface area contributed by atoms with Crippen LogP contribution in [0.1, 0.15) is 6.42 Å². The summed E-state index contributed by atoms with van der Waals surface area (Å²) in [5.41, 5.74) is 0. The van der Waals surface area contributed by atoms with E-state index in [4.69, 9.17) is 4.74 Å². The number of para-hydroxylation sites is 1. The van der Waals surface area contributed by atoms with Crippen molar-refractivity contribution in [2.45, 2.75) is 12.5 Å². The van der Waals surface area contributed by atoms with E-state index in [1.807, 2.05) is 30.3 Å². The molecule has 1 unspecified atom stereocenters. The Labute approximate surface area is 99.2 Å². The molecule has 1 atom stereocenters. The molecule has 1 aliphatic rings. The maximum absolute atomic E-state index is 11.2. The van der Waals surface area contributed by atoms with Crippen molar-refractivity contribution in [1.29, 1.82) is 0 Å². The van der Waals surface area contributed by atoms with Gasteiger partial charge in [0.25, 0.3) is 0 Å². The van der Waals surface area contributed by atoms with E-state index in [1.54, 1.807) is 0 Å². The van der Waals surface area contributed by atoms with Crippen molar-refractivity contribution < 1.29 is 14.3 Å². The predicted molar refractivity (Wildman–Crippen MR) is 61.5 cm³/mol. The van der Waals surface area contributed by atoms with E-state index >= 15 is 0 Å². The molecule has 0 saturated carbocycles. The van der Waals surface area contributed by atoms with Crippen LogP contribution in [0.5, 0.6) is 5.75 Å². The first-order chi connectivity index (χ1) is 8.25. The second-order valence-corrected chi connectivity index (χ2v) is 3.78. The third-order valence-electron chi connectivity index (χ3n) is 2.47. The van der Waals surface area contributed by atoms with Crippen molar-refractivity contribution in [1.82, 2.24) is 10.6 Å². The Morgan fingerprint density at radius 3 is 2.71 bits per heavy atom. The number of hydrogen-bond acceptors (Lipinski definition) is 4. The number of hydrogen-bond donors (Lipinski definition) is 2. The number of amides is 2. The molecule has 1 aliphatic heterocycles. The Hall–Kier alpha value is -1.88. The van der Waals surface area contributed by atoms with Crippen molar-refractivity contribution in [3.63, 3.8) is 0 Å². The van der Waals surface area contributed by atoms with Crippen LogP contribution in [-0.4, -0.2) is 31.0 Å². The van der Waals surface area contributed by atoms with Gasteiger partial charge in [-0.05, 0) is 12.1 Å². The minimum absolute atomic E-state index is 0.212. The maximum Gasteiger partial charge on any atom is 0.244 e. The average Bonchev–Trinajstić information content (AvgIpc) is 2.65. The number of carbonyl (C=O) groups excluding carboxylic acids is 2. The Morgan fingerprint density at radius 2 is 2.06 bits per heavy atom. The minimum Gasteiger partial charge on any atom is -0.492 e. The van der Waals surface area contributed by atoms with Crippen LogP contribution in [0.3, 0.4) is 0 Å². The summed E-state index contributed by atoms with van der Waals surface area (Å²) in [6.45, 7) is 0.988. The summed E-state index contributed by atoms with van der Waals surface area (Å²) in [4.78, 5) is 22.1. The van der Waals surface area contributed by atoms with Gasteiger partial charge in [-0.2, -0.15) is 0 Å². The van der Waals surface area contributed by atoms with Crippen molar-refractivity contribution in [3.05, 3.63) is 30.3 Å². The van der Waals surface area contributed by atoms with Crippen LogP contribution in [0, 0.1) is 0 Å². The summed E-state index contributed by atoms with van der Waals surface area (Å²) in [6, 6.07) is 9.02. The average molecular weight is 234 g/mol. The molecule has 2 N–H and O–H groups in total. The molecule has 90 valence electrons. The lowest BCUT2D eigenvalue weighted by molar-refractivity contribution is -0.125. The molecule has 0 radical (unpaired) electrons. The lowest BCUT2D eigenvalue weighted by Gasteiger charge is -2.10. The van der Waals surface area contributed by atoms with Gasteiger partial charge in [0.05, 0.1) is 12.5 Å². The largest absolute Gasteiger partial charge is 0.492 e. The molecule has 0 aromatic heterocycles. The van der Waals surface area contributed by atoms with Gasteiger partial charge in [0, 0.05) is 6.54 Å². The van der Waals surface area contributed by atoms with Crippen LogP contribution >= 0.6 is 0 Å². The summed E-state index contributed by atoms with van der Waals surface area (Å²) in [6.07, 6.45) is 0.212. The summed E-state index contributed by atoms with van der Waals surface area (Å²) < 4.78 is 5.45. The fourth-order valence-corrected chi connectivity index (χ4v) is 1.64. The molecule has 1 heterocycles. The molecule has 2 amide bonds. The molecule has 1 aromatic carbocycles. The molecule has 2 rings (SSSR count). The normalized spacial score (nSPS) is 19.2. The second kappa shape index (κ2) is 5.45. The predicted octanol–water partition coefficient (Wildman–Crippen LogP) is 0.0701. The summed E-state index contributed by atoms with van der Waals surface area (Å²) >= 11 is 0. The van der Waals surface area contributed by atoms with Crippen LogP contribution in [-0.2, 0) is 9.59 Å². The molecule has 0 bridgehead atoms. The van der Waals surface area contributed by atoms with Crippen molar-refractivity contribution in [3.8, 4) is 5.75 Å². The van der Waals surface area contributed by atoms with E-state index in [2.05, 4.69) is 10.6 Å². The zero-order chi connectivity index (χ0) is 12.1. The molecule has 17 heavy (non-hydrogen) atoms. The van der Waals surface area contributed by atoms with E-state index < -0.39 is 6.04 Å². The first-order valence-electron chi connectivity index (χ1n) is 5.50. The highest BCUT2D eigenvalue weighted by atomic mass is 16.5. The van der Waals surface area contributed by atoms with Crippen LogP contribution in [0.15, 0.2) is 30.3 Å². The number of ether oxygens (including phenoxy) is 1. The summed E-state index contributed by atoms with van der Waals surface area (Å²) in [5, 5.41) is 5.22. The molecule has 0 aliphatic carbocycles. The number of nitrogens with one attached hydrogen (secondary N) is 2. The zero-order valence-electron chi connectivity index (χ0n) is 9.31.